The summed E-state index contributed by atoms with van der Waals surface area (Å²) >= 11 is 5.90. The summed E-state index contributed by atoms with van der Waals surface area (Å²) in [5.74, 6) is 0.411. The van der Waals surface area contributed by atoms with Crippen molar-refractivity contribution in [2.24, 2.45) is 0 Å². The molecule has 1 N–H and O–H groups in total. The monoisotopic (exact) mass is 254 g/mol. The fourth-order valence-corrected chi connectivity index (χ4v) is 1.74. The van der Waals surface area contributed by atoms with Crippen LogP contribution in [0.2, 0.25) is 5.02 Å². The van der Waals surface area contributed by atoms with E-state index >= 15 is 0 Å². The molecule has 0 aliphatic heterocycles. The highest BCUT2D eigenvalue weighted by Gasteiger charge is 2.07. The van der Waals surface area contributed by atoms with E-state index in [1.807, 2.05) is 13.0 Å². The SMILES string of the molecule is Cc1cc(CNCc2c(F)cccc2Cl)on1. The normalized spacial score (nSPS) is 10.8. The Bertz CT molecular complexity index is 493. The van der Waals surface area contributed by atoms with Gasteiger partial charge in [0.25, 0.3) is 0 Å². The lowest BCUT2D eigenvalue weighted by Gasteiger charge is -2.06. The van der Waals surface area contributed by atoms with E-state index in [2.05, 4.69) is 10.5 Å². The number of aromatic nitrogens is 1. The van der Waals surface area contributed by atoms with E-state index in [1.165, 1.54) is 6.07 Å². The van der Waals surface area contributed by atoms with Crippen molar-refractivity contribution in [2.45, 2.75) is 20.0 Å². The molecule has 90 valence electrons. The molecule has 0 aliphatic rings. The van der Waals surface area contributed by atoms with E-state index in [0.29, 0.717) is 23.7 Å². The van der Waals surface area contributed by atoms with Crippen LogP contribution in [0.4, 0.5) is 4.39 Å². The Kier molecular flexibility index (Phi) is 3.76. The molecular formula is C12H12ClFN2O. The van der Waals surface area contributed by atoms with Crippen LogP contribution in [0.3, 0.4) is 0 Å². The van der Waals surface area contributed by atoms with Crippen LogP contribution in [0.5, 0.6) is 0 Å². The van der Waals surface area contributed by atoms with Gasteiger partial charge in [-0.1, -0.05) is 22.8 Å². The second kappa shape index (κ2) is 5.29. The number of aryl methyl sites for hydroxylation is 1. The van der Waals surface area contributed by atoms with Gasteiger partial charge in [-0.15, -0.1) is 0 Å². The highest BCUT2D eigenvalue weighted by molar-refractivity contribution is 6.31. The maximum atomic E-state index is 13.4. The summed E-state index contributed by atoms with van der Waals surface area (Å²) < 4.78 is 18.4. The Morgan fingerprint density at radius 2 is 2.24 bits per heavy atom. The molecule has 0 amide bonds. The zero-order valence-electron chi connectivity index (χ0n) is 9.34. The van der Waals surface area contributed by atoms with Crippen LogP contribution in [-0.4, -0.2) is 5.16 Å². The predicted octanol–water partition coefficient (Wildman–Crippen LogP) is 3.07. The van der Waals surface area contributed by atoms with Crippen molar-refractivity contribution in [3.63, 3.8) is 0 Å². The summed E-state index contributed by atoms with van der Waals surface area (Å²) in [5, 5.41) is 7.24. The molecule has 0 aliphatic carbocycles. The molecule has 0 saturated carbocycles. The van der Waals surface area contributed by atoms with Gasteiger partial charge < -0.3 is 9.84 Å². The molecule has 1 aromatic heterocycles. The summed E-state index contributed by atoms with van der Waals surface area (Å²) in [6.07, 6.45) is 0. The Morgan fingerprint density at radius 1 is 1.41 bits per heavy atom. The smallest absolute Gasteiger partial charge is 0.150 e. The molecule has 0 fully saturated rings. The van der Waals surface area contributed by atoms with E-state index in [0.717, 1.165) is 11.5 Å². The molecule has 0 atom stereocenters. The van der Waals surface area contributed by atoms with Gasteiger partial charge in [-0.05, 0) is 19.1 Å². The average molecular weight is 255 g/mol. The molecule has 3 nitrogen and oxygen atoms in total. The van der Waals surface area contributed by atoms with E-state index in [4.69, 9.17) is 16.1 Å². The lowest BCUT2D eigenvalue weighted by Crippen LogP contribution is -2.13. The summed E-state index contributed by atoms with van der Waals surface area (Å²) in [7, 11) is 0. The van der Waals surface area contributed by atoms with Crippen molar-refractivity contribution in [2.75, 3.05) is 0 Å². The highest BCUT2D eigenvalue weighted by Crippen LogP contribution is 2.18. The predicted molar refractivity (Wildman–Crippen MR) is 63.2 cm³/mol. The molecule has 1 aromatic carbocycles. The molecule has 0 bridgehead atoms. The summed E-state index contributed by atoms with van der Waals surface area (Å²) in [4.78, 5) is 0. The Hall–Kier alpha value is -1.39. The van der Waals surface area contributed by atoms with Gasteiger partial charge in [0.15, 0.2) is 5.76 Å². The van der Waals surface area contributed by atoms with E-state index < -0.39 is 0 Å². The fraction of sp³-hybridized carbons (Fsp3) is 0.250. The molecule has 2 aromatic rings. The number of rotatable bonds is 4. The van der Waals surface area contributed by atoms with E-state index in [1.54, 1.807) is 12.1 Å². The summed E-state index contributed by atoms with van der Waals surface area (Å²) in [6, 6.07) is 6.47. The van der Waals surface area contributed by atoms with Gasteiger partial charge in [-0.2, -0.15) is 0 Å². The van der Waals surface area contributed by atoms with Crippen molar-refractivity contribution in [3.8, 4) is 0 Å². The molecule has 2 rings (SSSR count). The number of halogens is 2. The molecule has 0 unspecified atom stereocenters. The van der Waals surface area contributed by atoms with Gasteiger partial charge in [0.05, 0.1) is 12.2 Å². The lowest BCUT2D eigenvalue weighted by atomic mass is 10.2. The van der Waals surface area contributed by atoms with Crippen LogP contribution in [0.15, 0.2) is 28.8 Å². The number of benzene rings is 1. The van der Waals surface area contributed by atoms with Crippen LogP contribution in [0.1, 0.15) is 17.0 Å². The van der Waals surface area contributed by atoms with Crippen LogP contribution in [-0.2, 0) is 13.1 Å². The van der Waals surface area contributed by atoms with E-state index in [-0.39, 0.29) is 5.82 Å². The van der Waals surface area contributed by atoms with Crippen molar-refractivity contribution in [1.29, 1.82) is 0 Å². The first kappa shape index (κ1) is 12.1. The highest BCUT2D eigenvalue weighted by atomic mass is 35.5. The van der Waals surface area contributed by atoms with Crippen molar-refractivity contribution >= 4 is 11.6 Å². The molecular weight excluding hydrogens is 243 g/mol. The topological polar surface area (TPSA) is 38.1 Å². The molecule has 0 radical (unpaired) electrons. The minimum Gasteiger partial charge on any atom is -0.360 e. The fourth-order valence-electron chi connectivity index (χ4n) is 1.51. The van der Waals surface area contributed by atoms with E-state index in [9.17, 15) is 4.39 Å². The molecule has 1 heterocycles. The zero-order valence-corrected chi connectivity index (χ0v) is 10.1. The number of hydrogen-bond donors (Lipinski definition) is 1. The molecule has 5 heteroatoms. The zero-order chi connectivity index (χ0) is 12.3. The van der Waals surface area contributed by atoms with Crippen molar-refractivity contribution < 1.29 is 8.91 Å². The maximum absolute atomic E-state index is 13.4. The van der Waals surface area contributed by atoms with Gasteiger partial charge in [-0.25, -0.2) is 4.39 Å². The summed E-state index contributed by atoms with van der Waals surface area (Å²) in [5.41, 5.74) is 1.29. The summed E-state index contributed by atoms with van der Waals surface area (Å²) in [6.45, 7) is 2.69. The maximum Gasteiger partial charge on any atom is 0.150 e. The van der Waals surface area contributed by atoms with Crippen molar-refractivity contribution in [3.05, 3.63) is 52.1 Å². The van der Waals surface area contributed by atoms with Gasteiger partial charge in [0, 0.05) is 23.2 Å². The lowest BCUT2D eigenvalue weighted by molar-refractivity contribution is 0.369. The van der Waals surface area contributed by atoms with Gasteiger partial charge in [0.1, 0.15) is 5.82 Å². The first-order chi connectivity index (χ1) is 8.16. The second-order valence-electron chi connectivity index (χ2n) is 3.74. The minimum absolute atomic E-state index is 0.307. The Morgan fingerprint density at radius 3 is 2.88 bits per heavy atom. The van der Waals surface area contributed by atoms with Gasteiger partial charge in [-0.3, -0.25) is 0 Å². The second-order valence-corrected chi connectivity index (χ2v) is 4.15. The number of hydrogen-bond acceptors (Lipinski definition) is 3. The first-order valence-electron chi connectivity index (χ1n) is 5.22. The quantitative estimate of drug-likeness (QED) is 0.911. The van der Waals surface area contributed by atoms with Gasteiger partial charge >= 0.3 is 0 Å². The standard InChI is InChI=1S/C12H12ClFN2O/c1-8-5-9(17-16-8)6-15-7-10-11(13)3-2-4-12(10)14/h2-5,15H,6-7H2,1H3. The third-order valence-electron chi connectivity index (χ3n) is 2.34. The van der Waals surface area contributed by atoms with Crippen molar-refractivity contribution in [1.82, 2.24) is 10.5 Å². The number of nitrogens with one attached hydrogen (secondary N) is 1. The molecule has 0 spiro atoms. The average Bonchev–Trinajstić information content (AvgIpc) is 2.69. The number of nitrogens with zero attached hydrogens (tertiary/aromatic N) is 1. The molecule has 17 heavy (non-hydrogen) atoms. The minimum atomic E-state index is -0.307. The van der Waals surface area contributed by atoms with Gasteiger partial charge in [0.2, 0.25) is 0 Å². The Balaban J connectivity index is 1.94. The third-order valence-corrected chi connectivity index (χ3v) is 2.69. The van der Waals surface area contributed by atoms with Crippen LogP contribution < -0.4 is 5.32 Å². The third kappa shape index (κ3) is 3.05. The Labute approximate surface area is 104 Å². The van der Waals surface area contributed by atoms with Crippen LogP contribution in [0.25, 0.3) is 0 Å². The molecule has 0 saturated heterocycles. The van der Waals surface area contributed by atoms with Crippen LogP contribution in [0, 0.1) is 12.7 Å². The van der Waals surface area contributed by atoms with Crippen LogP contribution >= 0.6 is 11.6 Å². The largest absolute Gasteiger partial charge is 0.360 e. The first-order valence-corrected chi connectivity index (χ1v) is 5.60.